The molecule has 27 heavy (non-hydrogen) atoms. The van der Waals surface area contributed by atoms with Crippen LogP contribution in [0.1, 0.15) is 48.1 Å². The number of fused-ring (bicyclic) bond motifs is 2. The molecule has 3 heterocycles. The van der Waals surface area contributed by atoms with E-state index >= 15 is 0 Å². The third kappa shape index (κ3) is 2.90. The van der Waals surface area contributed by atoms with E-state index in [2.05, 4.69) is 55.3 Å². The first kappa shape index (κ1) is 16.8. The standard InChI is InChI=1S/C24H26N2O/c1-16-8-10-17(11-9-16)20-14-19-12-13-21(26(19)2)23(20)24-25-15-22(27-24)18-6-4-3-5-7-18/h3-11,15,19-21,23H,12-14H2,1-2H3. The molecular formula is C24H26N2O. The van der Waals surface area contributed by atoms with Crippen LogP contribution in [0.2, 0.25) is 0 Å². The van der Waals surface area contributed by atoms with Crippen LogP contribution in [0.15, 0.2) is 65.2 Å². The second kappa shape index (κ2) is 6.65. The lowest BCUT2D eigenvalue weighted by molar-refractivity contribution is 0.124. The van der Waals surface area contributed by atoms with Gasteiger partial charge in [-0.05, 0) is 44.7 Å². The molecule has 0 aliphatic carbocycles. The Hall–Kier alpha value is -2.39. The van der Waals surface area contributed by atoms with Crippen LogP contribution in [0.4, 0.5) is 0 Å². The lowest BCUT2D eigenvalue weighted by Gasteiger charge is -2.42. The van der Waals surface area contributed by atoms with Gasteiger partial charge in [-0.25, -0.2) is 4.98 Å². The summed E-state index contributed by atoms with van der Waals surface area (Å²) in [5.41, 5.74) is 3.83. The molecule has 2 aliphatic rings. The summed E-state index contributed by atoms with van der Waals surface area (Å²) in [5, 5.41) is 0. The molecule has 138 valence electrons. The minimum atomic E-state index is 0.314. The number of aromatic nitrogens is 1. The molecule has 3 nitrogen and oxygen atoms in total. The minimum Gasteiger partial charge on any atom is -0.440 e. The molecule has 0 radical (unpaired) electrons. The Bertz CT molecular complexity index is 915. The van der Waals surface area contributed by atoms with Gasteiger partial charge in [0.25, 0.3) is 0 Å². The first-order valence-corrected chi connectivity index (χ1v) is 10.0. The first-order chi connectivity index (χ1) is 13.2. The van der Waals surface area contributed by atoms with Gasteiger partial charge in [-0.3, -0.25) is 4.90 Å². The molecule has 2 fully saturated rings. The van der Waals surface area contributed by atoms with E-state index < -0.39 is 0 Å². The fourth-order valence-electron chi connectivity index (χ4n) is 5.14. The Morgan fingerprint density at radius 2 is 1.78 bits per heavy atom. The molecule has 5 rings (SSSR count). The van der Waals surface area contributed by atoms with Crippen LogP contribution in [0.3, 0.4) is 0 Å². The maximum atomic E-state index is 6.35. The van der Waals surface area contributed by atoms with Gasteiger partial charge in [-0.15, -0.1) is 0 Å². The summed E-state index contributed by atoms with van der Waals surface area (Å²) in [5.74, 6) is 2.56. The van der Waals surface area contributed by atoms with Crippen molar-refractivity contribution >= 4 is 0 Å². The van der Waals surface area contributed by atoms with Gasteiger partial charge in [0.1, 0.15) is 0 Å². The number of hydrogen-bond donors (Lipinski definition) is 0. The topological polar surface area (TPSA) is 29.3 Å². The fraction of sp³-hybridized carbons (Fsp3) is 0.375. The van der Waals surface area contributed by atoms with Crippen molar-refractivity contribution in [3.8, 4) is 11.3 Å². The molecule has 0 spiro atoms. The molecule has 2 bridgehead atoms. The zero-order valence-corrected chi connectivity index (χ0v) is 16.0. The molecule has 0 amide bonds. The van der Waals surface area contributed by atoms with E-state index in [9.17, 15) is 0 Å². The van der Waals surface area contributed by atoms with E-state index in [1.807, 2.05) is 24.4 Å². The van der Waals surface area contributed by atoms with Crippen molar-refractivity contribution in [3.63, 3.8) is 0 Å². The number of aryl methyl sites for hydroxylation is 1. The Morgan fingerprint density at radius 3 is 2.56 bits per heavy atom. The third-order valence-electron chi connectivity index (χ3n) is 6.64. The Kier molecular flexibility index (Phi) is 4.13. The van der Waals surface area contributed by atoms with E-state index in [4.69, 9.17) is 9.40 Å². The SMILES string of the molecule is Cc1ccc(C2CC3CCC(C2c2ncc(-c4ccccc4)o2)N3C)cc1. The predicted octanol–water partition coefficient (Wildman–Crippen LogP) is 5.38. The molecule has 3 aromatic rings. The highest BCUT2D eigenvalue weighted by molar-refractivity contribution is 5.56. The number of likely N-dealkylation sites (N-methyl/N-ethyl adjacent to an activating group) is 1. The monoisotopic (exact) mass is 358 g/mol. The van der Waals surface area contributed by atoms with Crippen LogP contribution in [0.25, 0.3) is 11.3 Å². The van der Waals surface area contributed by atoms with E-state index in [0.29, 0.717) is 23.9 Å². The lowest BCUT2D eigenvalue weighted by Crippen LogP contribution is -2.44. The highest BCUT2D eigenvalue weighted by Crippen LogP contribution is 2.50. The molecule has 4 unspecified atom stereocenters. The van der Waals surface area contributed by atoms with E-state index in [-0.39, 0.29) is 0 Å². The number of piperidine rings is 1. The van der Waals surface area contributed by atoms with Gasteiger partial charge >= 0.3 is 0 Å². The summed E-state index contributed by atoms with van der Waals surface area (Å²) < 4.78 is 6.35. The molecule has 2 aliphatic heterocycles. The van der Waals surface area contributed by atoms with Gasteiger partial charge in [0.2, 0.25) is 0 Å². The number of nitrogens with zero attached hydrogens (tertiary/aromatic N) is 2. The average Bonchev–Trinajstić information content (AvgIpc) is 3.26. The molecule has 2 saturated heterocycles. The predicted molar refractivity (Wildman–Crippen MR) is 108 cm³/mol. The second-order valence-electron chi connectivity index (χ2n) is 8.17. The molecule has 2 aromatic carbocycles. The van der Waals surface area contributed by atoms with Gasteiger partial charge in [-0.2, -0.15) is 0 Å². The van der Waals surface area contributed by atoms with Gasteiger partial charge in [0.15, 0.2) is 11.7 Å². The molecule has 4 atom stereocenters. The molecule has 3 heteroatoms. The molecular weight excluding hydrogens is 332 g/mol. The third-order valence-corrected chi connectivity index (χ3v) is 6.64. The summed E-state index contributed by atoms with van der Waals surface area (Å²) in [6.45, 7) is 2.15. The highest BCUT2D eigenvalue weighted by Gasteiger charge is 2.48. The van der Waals surface area contributed by atoms with Gasteiger partial charge < -0.3 is 4.42 Å². The van der Waals surface area contributed by atoms with Crippen LogP contribution in [0, 0.1) is 6.92 Å². The van der Waals surface area contributed by atoms with Gasteiger partial charge in [-0.1, -0.05) is 60.2 Å². The van der Waals surface area contributed by atoms with Crippen LogP contribution in [-0.4, -0.2) is 29.0 Å². The van der Waals surface area contributed by atoms with Crippen molar-refractivity contribution < 1.29 is 4.42 Å². The highest BCUT2D eigenvalue weighted by atomic mass is 16.4. The summed E-state index contributed by atoms with van der Waals surface area (Å²) in [6, 6.07) is 20.6. The van der Waals surface area contributed by atoms with Crippen molar-refractivity contribution in [2.45, 2.75) is 50.1 Å². The Morgan fingerprint density at radius 1 is 1.00 bits per heavy atom. The Balaban J connectivity index is 1.54. The summed E-state index contributed by atoms with van der Waals surface area (Å²) in [6.07, 6.45) is 5.60. The molecule has 0 N–H and O–H groups in total. The number of oxazole rings is 1. The van der Waals surface area contributed by atoms with E-state index in [1.54, 1.807) is 0 Å². The van der Waals surface area contributed by atoms with Gasteiger partial charge in [0, 0.05) is 17.6 Å². The molecule has 0 saturated carbocycles. The smallest absolute Gasteiger partial charge is 0.200 e. The van der Waals surface area contributed by atoms with Crippen LogP contribution >= 0.6 is 0 Å². The van der Waals surface area contributed by atoms with E-state index in [1.165, 1.54) is 30.4 Å². The zero-order valence-electron chi connectivity index (χ0n) is 16.0. The minimum absolute atomic E-state index is 0.314. The second-order valence-corrected chi connectivity index (χ2v) is 8.17. The van der Waals surface area contributed by atoms with Crippen molar-refractivity contribution in [2.24, 2.45) is 0 Å². The quantitative estimate of drug-likeness (QED) is 0.629. The fourth-order valence-corrected chi connectivity index (χ4v) is 5.14. The maximum absolute atomic E-state index is 6.35. The zero-order chi connectivity index (χ0) is 18.4. The molecule has 1 aromatic heterocycles. The summed E-state index contributed by atoms with van der Waals surface area (Å²) >= 11 is 0. The average molecular weight is 358 g/mol. The first-order valence-electron chi connectivity index (χ1n) is 10.0. The largest absolute Gasteiger partial charge is 0.440 e. The van der Waals surface area contributed by atoms with Crippen molar-refractivity contribution in [1.29, 1.82) is 0 Å². The van der Waals surface area contributed by atoms with Crippen molar-refractivity contribution in [2.75, 3.05) is 7.05 Å². The van der Waals surface area contributed by atoms with Crippen molar-refractivity contribution in [3.05, 3.63) is 77.8 Å². The number of hydrogen-bond acceptors (Lipinski definition) is 3. The van der Waals surface area contributed by atoms with E-state index in [0.717, 1.165) is 17.2 Å². The maximum Gasteiger partial charge on any atom is 0.200 e. The lowest BCUT2D eigenvalue weighted by atomic mass is 9.76. The normalized spacial score (nSPS) is 27.8. The van der Waals surface area contributed by atoms with Gasteiger partial charge in [0.05, 0.1) is 12.1 Å². The van der Waals surface area contributed by atoms with Crippen LogP contribution in [0.5, 0.6) is 0 Å². The van der Waals surface area contributed by atoms with Crippen LogP contribution < -0.4 is 0 Å². The number of rotatable bonds is 3. The summed E-state index contributed by atoms with van der Waals surface area (Å²) in [7, 11) is 2.28. The number of benzene rings is 2. The Labute approximate surface area is 161 Å². The van der Waals surface area contributed by atoms with Crippen LogP contribution in [-0.2, 0) is 0 Å². The van der Waals surface area contributed by atoms with Crippen molar-refractivity contribution in [1.82, 2.24) is 9.88 Å². The summed E-state index contributed by atoms with van der Waals surface area (Å²) in [4.78, 5) is 7.34.